The summed E-state index contributed by atoms with van der Waals surface area (Å²) in [5, 5.41) is 0. The topological polar surface area (TPSA) is 35.2 Å². The number of nitrogens with two attached hydrogens (primary N) is 1. The van der Waals surface area contributed by atoms with E-state index in [-0.39, 0.29) is 11.6 Å². The number of hydrogen-bond donors (Lipinski definition) is 1. The van der Waals surface area contributed by atoms with Gasteiger partial charge < -0.3 is 10.5 Å². The number of halogens is 2. The van der Waals surface area contributed by atoms with E-state index >= 15 is 0 Å². The molecule has 4 heteroatoms. The van der Waals surface area contributed by atoms with Gasteiger partial charge >= 0.3 is 0 Å². The lowest BCUT2D eigenvalue weighted by molar-refractivity contribution is 0.383. The standard InChI is InChI=1S/C10H13BrFNO/c1-14-10-8(11)5-7(3-2-4-13)6-9(10)12/h5-6H,2-4,13H2,1H3. The zero-order valence-corrected chi connectivity index (χ0v) is 9.60. The quantitative estimate of drug-likeness (QED) is 0.904. The van der Waals surface area contributed by atoms with Crippen molar-refractivity contribution in [3.8, 4) is 5.75 Å². The number of rotatable bonds is 4. The smallest absolute Gasteiger partial charge is 0.168 e. The van der Waals surface area contributed by atoms with E-state index in [9.17, 15) is 4.39 Å². The molecular formula is C10H13BrFNO. The van der Waals surface area contributed by atoms with Gasteiger partial charge in [-0.3, -0.25) is 0 Å². The molecular weight excluding hydrogens is 249 g/mol. The Bertz CT molecular complexity index is 294. The zero-order chi connectivity index (χ0) is 10.6. The van der Waals surface area contributed by atoms with Gasteiger partial charge in [-0.15, -0.1) is 0 Å². The van der Waals surface area contributed by atoms with Crippen LogP contribution in [0.2, 0.25) is 0 Å². The molecule has 0 heterocycles. The second-order valence-electron chi connectivity index (χ2n) is 2.98. The molecule has 14 heavy (non-hydrogen) atoms. The van der Waals surface area contributed by atoms with Gasteiger partial charge in [0.15, 0.2) is 11.6 Å². The lowest BCUT2D eigenvalue weighted by Crippen LogP contribution is -2.01. The van der Waals surface area contributed by atoms with E-state index in [0.29, 0.717) is 11.0 Å². The second kappa shape index (κ2) is 5.32. The predicted molar refractivity (Wildman–Crippen MR) is 58.0 cm³/mol. The fourth-order valence-corrected chi connectivity index (χ4v) is 1.90. The Morgan fingerprint density at radius 3 is 2.71 bits per heavy atom. The van der Waals surface area contributed by atoms with E-state index in [1.165, 1.54) is 13.2 Å². The summed E-state index contributed by atoms with van der Waals surface area (Å²) in [6, 6.07) is 3.34. The van der Waals surface area contributed by atoms with E-state index in [2.05, 4.69) is 15.9 Å². The maximum absolute atomic E-state index is 13.4. The minimum absolute atomic E-state index is 0.251. The van der Waals surface area contributed by atoms with Crippen molar-refractivity contribution in [3.63, 3.8) is 0 Å². The van der Waals surface area contributed by atoms with Gasteiger partial charge in [-0.25, -0.2) is 4.39 Å². The van der Waals surface area contributed by atoms with Crippen molar-refractivity contribution >= 4 is 15.9 Å². The molecule has 0 fully saturated rings. The molecule has 1 aromatic carbocycles. The van der Waals surface area contributed by atoms with E-state index < -0.39 is 0 Å². The first kappa shape index (κ1) is 11.5. The highest BCUT2D eigenvalue weighted by molar-refractivity contribution is 9.10. The summed E-state index contributed by atoms with van der Waals surface area (Å²) in [6.07, 6.45) is 1.65. The highest BCUT2D eigenvalue weighted by Gasteiger charge is 2.08. The van der Waals surface area contributed by atoms with Gasteiger partial charge in [0.25, 0.3) is 0 Å². The lowest BCUT2D eigenvalue weighted by atomic mass is 10.1. The van der Waals surface area contributed by atoms with E-state index in [1.54, 1.807) is 0 Å². The zero-order valence-electron chi connectivity index (χ0n) is 8.02. The number of methoxy groups -OCH3 is 1. The van der Waals surface area contributed by atoms with Crippen LogP contribution >= 0.6 is 15.9 Å². The summed E-state index contributed by atoms with van der Waals surface area (Å²) < 4.78 is 18.9. The molecule has 1 rings (SSSR count). The summed E-state index contributed by atoms with van der Waals surface area (Å²) in [5.41, 5.74) is 6.31. The van der Waals surface area contributed by atoms with Crippen LogP contribution in [0.25, 0.3) is 0 Å². The largest absolute Gasteiger partial charge is 0.492 e. The molecule has 2 nitrogen and oxygen atoms in total. The molecule has 0 aliphatic carbocycles. The first-order chi connectivity index (χ1) is 6.69. The van der Waals surface area contributed by atoms with Gasteiger partial charge in [-0.05, 0) is 53.0 Å². The summed E-state index contributed by atoms with van der Waals surface area (Å²) in [6.45, 7) is 0.616. The molecule has 0 bridgehead atoms. The van der Waals surface area contributed by atoms with Crippen LogP contribution in [0, 0.1) is 5.82 Å². The number of aryl methyl sites for hydroxylation is 1. The van der Waals surface area contributed by atoms with Crippen LogP contribution in [0.4, 0.5) is 4.39 Å². The second-order valence-corrected chi connectivity index (χ2v) is 3.84. The molecule has 0 aliphatic heterocycles. The Morgan fingerprint density at radius 1 is 1.50 bits per heavy atom. The molecule has 0 aliphatic rings. The maximum Gasteiger partial charge on any atom is 0.168 e. The average Bonchev–Trinajstić information content (AvgIpc) is 2.14. The molecule has 2 N–H and O–H groups in total. The highest BCUT2D eigenvalue weighted by Crippen LogP contribution is 2.29. The van der Waals surface area contributed by atoms with Crippen LogP contribution in [0.1, 0.15) is 12.0 Å². The average molecular weight is 262 g/mol. The third kappa shape index (κ3) is 2.69. The molecule has 0 unspecified atom stereocenters. The third-order valence-electron chi connectivity index (χ3n) is 1.93. The minimum Gasteiger partial charge on any atom is -0.492 e. The van der Waals surface area contributed by atoms with Crippen molar-refractivity contribution < 1.29 is 9.13 Å². The normalized spacial score (nSPS) is 10.3. The fourth-order valence-electron chi connectivity index (χ4n) is 1.26. The number of hydrogen-bond acceptors (Lipinski definition) is 2. The monoisotopic (exact) mass is 261 g/mol. The van der Waals surface area contributed by atoms with E-state index in [1.807, 2.05) is 6.07 Å². The first-order valence-electron chi connectivity index (χ1n) is 4.41. The van der Waals surface area contributed by atoms with Crippen LogP contribution in [0.15, 0.2) is 16.6 Å². The van der Waals surface area contributed by atoms with Gasteiger partial charge in [0.05, 0.1) is 11.6 Å². The van der Waals surface area contributed by atoms with Crippen LogP contribution < -0.4 is 10.5 Å². The SMILES string of the molecule is COc1c(F)cc(CCCN)cc1Br. The first-order valence-corrected chi connectivity index (χ1v) is 5.20. The van der Waals surface area contributed by atoms with Crippen LogP contribution in [-0.2, 0) is 6.42 Å². The third-order valence-corrected chi connectivity index (χ3v) is 2.52. The fraction of sp³-hybridized carbons (Fsp3) is 0.400. The predicted octanol–water partition coefficient (Wildman–Crippen LogP) is 2.49. The van der Waals surface area contributed by atoms with Gasteiger partial charge in [0.2, 0.25) is 0 Å². The van der Waals surface area contributed by atoms with Crippen LogP contribution in [-0.4, -0.2) is 13.7 Å². The van der Waals surface area contributed by atoms with Crippen molar-refractivity contribution in [2.24, 2.45) is 5.73 Å². The Hall–Kier alpha value is -0.610. The van der Waals surface area contributed by atoms with Crippen LogP contribution in [0.5, 0.6) is 5.75 Å². The van der Waals surface area contributed by atoms with E-state index in [0.717, 1.165) is 18.4 Å². The Labute approximate surface area is 91.4 Å². The van der Waals surface area contributed by atoms with Crippen molar-refractivity contribution in [3.05, 3.63) is 28.0 Å². The number of benzene rings is 1. The molecule has 0 spiro atoms. The van der Waals surface area contributed by atoms with Gasteiger partial charge in [0.1, 0.15) is 0 Å². The highest BCUT2D eigenvalue weighted by atomic mass is 79.9. The Morgan fingerprint density at radius 2 is 2.21 bits per heavy atom. The Kier molecular flexibility index (Phi) is 4.35. The molecule has 0 amide bonds. The maximum atomic E-state index is 13.4. The van der Waals surface area contributed by atoms with Crippen molar-refractivity contribution in [1.82, 2.24) is 0 Å². The Balaban J connectivity index is 2.90. The molecule has 0 atom stereocenters. The van der Waals surface area contributed by atoms with Crippen molar-refractivity contribution in [2.75, 3.05) is 13.7 Å². The number of ether oxygens (including phenoxy) is 1. The van der Waals surface area contributed by atoms with Gasteiger partial charge in [-0.1, -0.05) is 0 Å². The van der Waals surface area contributed by atoms with E-state index in [4.69, 9.17) is 10.5 Å². The molecule has 78 valence electrons. The molecule has 0 saturated heterocycles. The summed E-state index contributed by atoms with van der Waals surface area (Å²) in [7, 11) is 1.45. The summed E-state index contributed by atoms with van der Waals surface area (Å²) >= 11 is 3.25. The van der Waals surface area contributed by atoms with Gasteiger partial charge in [-0.2, -0.15) is 0 Å². The van der Waals surface area contributed by atoms with Gasteiger partial charge in [0, 0.05) is 0 Å². The summed E-state index contributed by atoms with van der Waals surface area (Å²) in [4.78, 5) is 0. The van der Waals surface area contributed by atoms with Crippen molar-refractivity contribution in [2.45, 2.75) is 12.8 Å². The molecule has 0 saturated carbocycles. The molecule has 0 radical (unpaired) electrons. The van der Waals surface area contributed by atoms with Crippen molar-refractivity contribution in [1.29, 1.82) is 0 Å². The summed E-state index contributed by atoms with van der Waals surface area (Å²) in [5.74, 6) is -0.0876. The van der Waals surface area contributed by atoms with Crippen LogP contribution in [0.3, 0.4) is 0 Å². The molecule has 1 aromatic rings. The lowest BCUT2D eigenvalue weighted by Gasteiger charge is -2.07. The molecule has 0 aromatic heterocycles. The minimum atomic E-state index is -0.339.